The van der Waals surface area contributed by atoms with Gasteiger partial charge in [0, 0.05) is 5.57 Å². The third-order valence-electron chi connectivity index (χ3n) is 1.30. The van der Waals surface area contributed by atoms with Crippen molar-refractivity contribution < 1.29 is 9.53 Å². The summed E-state index contributed by atoms with van der Waals surface area (Å²) < 4.78 is 4.76. The van der Waals surface area contributed by atoms with Crippen LogP contribution in [-0.4, -0.2) is 12.6 Å². The van der Waals surface area contributed by atoms with E-state index in [1.165, 1.54) is 0 Å². The van der Waals surface area contributed by atoms with Crippen LogP contribution in [-0.2, 0) is 9.53 Å². The molecule has 1 aliphatic rings. The molecular weight excluding hydrogens is 140 g/mol. The van der Waals surface area contributed by atoms with Gasteiger partial charge in [0.2, 0.25) is 0 Å². The molecule has 11 heavy (non-hydrogen) atoms. The first-order valence-electron chi connectivity index (χ1n) is 3.61. The molecule has 0 saturated carbocycles. The Hall–Kier alpha value is -1.27. The Morgan fingerprint density at radius 1 is 1.73 bits per heavy atom. The molecular formula is C9H10O2. The van der Waals surface area contributed by atoms with E-state index in [2.05, 4.69) is 5.73 Å². The molecule has 0 amide bonds. The fraction of sp³-hybridized carbons (Fsp3) is 0.333. The van der Waals surface area contributed by atoms with Gasteiger partial charge in [0.05, 0.1) is 13.0 Å². The van der Waals surface area contributed by atoms with E-state index in [1.807, 2.05) is 12.2 Å². The van der Waals surface area contributed by atoms with Crippen LogP contribution in [0.4, 0.5) is 0 Å². The first-order chi connectivity index (χ1) is 5.33. The molecule has 0 saturated heterocycles. The molecule has 0 fully saturated rings. The lowest BCUT2D eigenvalue weighted by molar-refractivity contribution is -0.142. The molecule has 1 rings (SSSR count). The molecule has 0 aliphatic heterocycles. The number of esters is 1. The Labute approximate surface area is 65.9 Å². The Morgan fingerprint density at radius 2 is 2.55 bits per heavy atom. The van der Waals surface area contributed by atoms with E-state index in [4.69, 9.17) is 4.74 Å². The van der Waals surface area contributed by atoms with Gasteiger partial charge in [-0.2, -0.15) is 0 Å². The maximum atomic E-state index is 10.9. The van der Waals surface area contributed by atoms with E-state index >= 15 is 0 Å². The van der Waals surface area contributed by atoms with E-state index in [9.17, 15) is 4.79 Å². The molecule has 0 aromatic heterocycles. The van der Waals surface area contributed by atoms with Crippen molar-refractivity contribution in [3.8, 4) is 0 Å². The van der Waals surface area contributed by atoms with Gasteiger partial charge >= 0.3 is 5.97 Å². The van der Waals surface area contributed by atoms with Crippen LogP contribution in [0.2, 0.25) is 0 Å². The zero-order chi connectivity index (χ0) is 8.10. The number of hydrogen-bond donors (Lipinski definition) is 0. The van der Waals surface area contributed by atoms with Gasteiger partial charge in [-0.05, 0) is 13.0 Å². The molecule has 0 bridgehead atoms. The van der Waals surface area contributed by atoms with Crippen molar-refractivity contribution in [3.63, 3.8) is 0 Å². The zero-order valence-corrected chi connectivity index (χ0v) is 6.46. The quantitative estimate of drug-likeness (QED) is 0.451. The molecule has 2 nitrogen and oxygen atoms in total. The van der Waals surface area contributed by atoms with Crippen molar-refractivity contribution in [3.05, 3.63) is 29.5 Å². The molecule has 0 atom stereocenters. The van der Waals surface area contributed by atoms with E-state index in [0.717, 1.165) is 5.57 Å². The SMILES string of the molecule is CCOC(=O)CC1=C=CC=C1. The summed E-state index contributed by atoms with van der Waals surface area (Å²) in [6.45, 7) is 2.24. The first-order valence-corrected chi connectivity index (χ1v) is 3.61. The maximum Gasteiger partial charge on any atom is 0.310 e. The Bertz CT molecular complexity index is 242. The molecule has 0 spiro atoms. The van der Waals surface area contributed by atoms with Crippen molar-refractivity contribution in [1.82, 2.24) is 0 Å². The van der Waals surface area contributed by atoms with Gasteiger partial charge < -0.3 is 4.74 Å². The van der Waals surface area contributed by atoms with E-state index in [1.54, 1.807) is 13.0 Å². The maximum absolute atomic E-state index is 10.9. The average molecular weight is 150 g/mol. The van der Waals surface area contributed by atoms with E-state index in [-0.39, 0.29) is 5.97 Å². The van der Waals surface area contributed by atoms with Crippen LogP contribution in [0.15, 0.2) is 29.5 Å². The van der Waals surface area contributed by atoms with Crippen molar-refractivity contribution >= 4 is 5.97 Å². The van der Waals surface area contributed by atoms with E-state index < -0.39 is 0 Å². The van der Waals surface area contributed by atoms with Crippen LogP contribution >= 0.6 is 0 Å². The highest BCUT2D eigenvalue weighted by atomic mass is 16.5. The largest absolute Gasteiger partial charge is 0.466 e. The van der Waals surface area contributed by atoms with Gasteiger partial charge in [0.15, 0.2) is 0 Å². The fourth-order valence-corrected chi connectivity index (χ4v) is 0.845. The molecule has 0 aromatic rings. The summed E-state index contributed by atoms with van der Waals surface area (Å²) in [5.74, 6) is -0.185. The minimum Gasteiger partial charge on any atom is -0.466 e. The Morgan fingerprint density at radius 3 is 3.09 bits per heavy atom. The third-order valence-corrected chi connectivity index (χ3v) is 1.30. The molecule has 1 aliphatic carbocycles. The standard InChI is InChI=1S/C9H10O2/c1-2-11-9(10)7-8-5-3-4-6-8/h3-5H,2,7H2,1H3. The van der Waals surface area contributed by atoms with Crippen molar-refractivity contribution in [2.24, 2.45) is 0 Å². The summed E-state index contributed by atoms with van der Waals surface area (Å²) in [7, 11) is 0. The summed E-state index contributed by atoms with van der Waals surface area (Å²) >= 11 is 0. The van der Waals surface area contributed by atoms with Crippen LogP contribution in [0.25, 0.3) is 0 Å². The van der Waals surface area contributed by atoms with Gasteiger partial charge in [-0.1, -0.05) is 12.2 Å². The summed E-state index contributed by atoms with van der Waals surface area (Å²) in [5.41, 5.74) is 3.82. The van der Waals surface area contributed by atoms with Crippen LogP contribution in [0.1, 0.15) is 13.3 Å². The Kier molecular flexibility index (Phi) is 2.70. The molecule has 0 radical (unpaired) electrons. The average Bonchev–Trinajstić information content (AvgIpc) is 2.40. The monoisotopic (exact) mass is 150 g/mol. The number of hydrogen-bond acceptors (Lipinski definition) is 2. The summed E-state index contributed by atoms with van der Waals surface area (Å²) in [4.78, 5) is 10.9. The first kappa shape index (κ1) is 7.83. The van der Waals surface area contributed by atoms with Gasteiger partial charge in [-0.3, -0.25) is 4.79 Å². The van der Waals surface area contributed by atoms with Gasteiger partial charge in [-0.15, -0.1) is 5.73 Å². The lowest BCUT2D eigenvalue weighted by atomic mass is 10.2. The lowest BCUT2D eigenvalue weighted by Gasteiger charge is -1.98. The second-order valence-corrected chi connectivity index (χ2v) is 2.18. The summed E-state index contributed by atoms with van der Waals surface area (Å²) in [6.07, 6.45) is 5.83. The molecule has 0 aromatic carbocycles. The molecule has 0 unspecified atom stereocenters. The number of carbonyl (C=O) groups excluding carboxylic acids is 1. The lowest BCUT2D eigenvalue weighted by Crippen LogP contribution is -2.03. The van der Waals surface area contributed by atoms with Gasteiger partial charge in [0.25, 0.3) is 0 Å². The zero-order valence-electron chi connectivity index (χ0n) is 6.46. The van der Waals surface area contributed by atoms with Gasteiger partial charge in [-0.25, -0.2) is 0 Å². The number of ether oxygens (including phenoxy) is 1. The molecule has 0 N–H and O–H groups in total. The minimum absolute atomic E-state index is 0.185. The number of carbonyl (C=O) groups is 1. The molecule has 58 valence electrons. The van der Waals surface area contributed by atoms with Crippen molar-refractivity contribution in [2.75, 3.05) is 6.61 Å². The van der Waals surface area contributed by atoms with Crippen molar-refractivity contribution in [2.45, 2.75) is 13.3 Å². The van der Waals surface area contributed by atoms with Gasteiger partial charge in [0.1, 0.15) is 0 Å². The summed E-state index contributed by atoms with van der Waals surface area (Å²) in [5, 5.41) is 0. The predicted octanol–water partition coefficient (Wildman–Crippen LogP) is 1.59. The van der Waals surface area contributed by atoms with Crippen LogP contribution < -0.4 is 0 Å². The second kappa shape index (κ2) is 3.79. The highest BCUT2D eigenvalue weighted by Gasteiger charge is 2.04. The molecule has 2 heteroatoms. The number of allylic oxidation sites excluding steroid dienone is 2. The second-order valence-electron chi connectivity index (χ2n) is 2.18. The van der Waals surface area contributed by atoms with Crippen molar-refractivity contribution in [1.29, 1.82) is 0 Å². The summed E-state index contributed by atoms with van der Waals surface area (Å²) in [6, 6.07) is 0. The fourth-order valence-electron chi connectivity index (χ4n) is 0.845. The normalized spacial score (nSPS) is 13.4. The Balaban J connectivity index is 2.37. The molecule has 0 heterocycles. The topological polar surface area (TPSA) is 26.3 Å². The van der Waals surface area contributed by atoms with Crippen LogP contribution in [0.3, 0.4) is 0 Å². The highest BCUT2D eigenvalue weighted by molar-refractivity contribution is 5.73. The minimum atomic E-state index is -0.185. The predicted molar refractivity (Wildman–Crippen MR) is 42.0 cm³/mol. The van der Waals surface area contributed by atoms with Crippen LogP contribution in [0, 0.1) is 0 Å². The highest BCUT2D eigenvalue weighted by Crippen LogP contribution is 2.07. The third kappa shape index (κ3) is 2.44. The smallest absolute Gasteiger partial charge is 0.310 e. The van der Waals surface area contributed by atoms with E-state index in [0.29, 0.717) is 13.0 Å². The number of rotatable bonds is 3. The van der Waals surface area contributed by atoms with Crippen LogP contribution in [0.5, 0.6) is 0 Å².